The summed E-state index contributed by atoms with van der Waals surface area (Å²) in [6, 6.07) is 2.85. The van der Waals surface area contributed by atoms with Crippen molar-refractivity contribution >= 4 is 21.9 Å². The summed E-state index contributed by atoms with van der Waals surface area (Å²) in [5, 5.41) is 24.2. The third-order valence-corrected chi connectivity index (χ3v) is 3.93. The van der Waals surface area contributed by atoms with E-state index in [1.165, 1.54) is 12.3 Å². The van der Waals surface area contributed by atoms with Gasteiger partial charge in [0.05, 0.1) is 11.6 Å². The van der Waals surface area contributed by atoms with Gasteiger partial charge in [-0.1, -0.05) is 0 Å². The molecule has 7 nitrogen and oxygen atoms in total. The number of fused-ring (bicyclic) bond motifs is 2. The van der Waals surface area contributed by atoms with Gasteiger partial charge in [0.15, 0.2) is 16.6 Å². The zero-order valence-corrected chi connectivity index (χ0v) is 15.3. The quantitative estimate of drug-likeness (QED) is 0.641. The Morgan fingerprint density at radius 3 is 2.73 bits per heavy atom. The van der Waals surface area contributed by atoms with E-state index in [0.29, 0.717) is 17.7 Å². The minimum Gasteiger partial charge on any atom is -0.506 e. The van der Waals surface area contributed by atoms with Gasteiger partial charge in [-0.2, -0.15) is 0 Å². The number of nitrogens with one attached hydrogen (secondary N) is 1. The number of rotatable bonds is 5. The number of aryl methyl sites for hydroxylation is 1. The second-order valence-electron chi connectivity index (χ2n) is 7.36. The molecule has 3 rings (SSSR count). The minimum atomic E-state index is -0.778. The van der Waals surface area contributed by atoms with Crippen LogP contribution in [-0.4, -0.2) is 35.0 Å². The Kier molecular flexibility index (Phi) is 4.68. The highest BCUT2D eigenvalue weighted by Crippen LogP contribution is 2.42. The van der Waals surface area contributed by atoms with Crippen molar-refractivity contribution in [1.29, 1.82) is 0 Å². The van der Waals surface area contributed by atoms with Crippen LogP contribution < -0.4 is 15.5 Å². The summed E-state index contributed by atoms with van der Waals surface area (Å²) in [5.41, 5.74) is -0.153. The van der Waals surface area contributed by atoms with Gasteiger partial charge in [0, 0.05) is 18.2 Å². The van der Waals surface area contributed by atoms with Gasteiger partial charge in [-0.25, -0.2) is 0 Å². The lowest BCUT2D eigenvalue weighted by atomic mass is 10.1. The third-order valence-electron chi connectivity index (χ3n) is 3.93. The molecule has 0 radical (unpaired) electrons. The van der Waals surface area contributed by atoms with Crippen LogP contribution in [0.25, 0.3) is 21.9 Å². The molecular weight excluding hydrogens is 338 g/mol. The molecule has 0 aliphatic heterocycles. The van der Waals surface area contributed by atoms with E-state index in [1.54, 1.807) is 13.0 Å². The maximum atomic E-state index is 12.2. The molecule has 140 valence electrons. The van der Waals surface area contributed by atoms with Gasteiger partial charge in [0.25, 0.3) is 0 Å². The van der Waals surface area contributed by atoms with E-state index in [4.69, 9.17) is 13.6 Å². The first-order valence-corrected chi connectivity index (χ1v) is 8.40. The first-order valence-electron chi connectivity index (χ1n) is 8.40. The monoisotopic (exact) mass is 361 g/mol. The summed E-state index contributed by atoms with van der Waals surface area (Å²) >= 11 is 0. The normalized spacial score (nSPS) is 13.4. The van der Waals surface area contributed by atoms with Gasteiger partial charge >= 0.3 is 0 Å². The molecule has 0 saturated carbocycles. The van der Waals surface area contributed by atoms with E-state index in [0.717, 1.165) is 0 Å². The molecule has 1 aromatic carbocycles. The zero-order chi connectivity index (χ0) is 19.1. The Hall–Kier alpha value is -2.51. The topological polar surface area (TPSA) is 105 Å². The fraction of sp³-hybridized carbons (Fsp3) is 0.421. The van der Waals surface area contributed by atoms with E-state index in [2.05, 4.69) is 5.32 Å². The Bertz CT molecular complexity index is 995. The molecule has 1 atom stereocenters. The average molecular weight is 361 g/mol. The van der Waals surface area contributed by atoms with Crippen molar-refractivity contribution in [2.24, 2.45) is 0 Å². The summed E-state index contributed by atoms with van der Waals surface area (Å²) in [7, 11) is 0. The molecule has 0 amide bonds. The van der Waals surface area contributed by atoms with E-state index in [1.807, 2.05) is 20.8 Å². The number of hydrogen-bond donors (Lipinski definition) is 3. The lowest BCUT2D eigenvalue weighted by molar-refractivity contribution is 0.100. The smallest absolute Gasteiger partial charge is 0.206 e. The van der Waals surface area contributed by atoms with E-state index < -0.39 is 6.10 Å². The number of aromatic hydroxyl groups is 1. The Balaban J connectivity index is 2.00. The van der Waals surface area contributed by atoms with Gasteiger partial charge in [0.2, 0.25) is 5.75 Å². The number of β-amino-alcohol motifs (C(OH)–C–C–N with tert-alkyl or cyclic N) is 1. The third kappa shape index (κ3) is 3.54. The molecule has 3 aromatic rings. The van der Waals surface area contributed by atoms with Gasteiger partial charge < -0.3 is 29.1 Å². The lowest BCUT2D eigenvalue weighted by Crippen LogP contribution is -2.42. The summed E-state index contributed by atoms with van der Waals surface area (Å²) in [6.07, 6.45) is 0.454. The highest BCUT2D eigenvalue weighted by Gasteiger charge is 2.23. The average Bonchev–Trinajstić information content (AvgIpc) is 2.94. The van der Waals surface area contributed by atoms with Crippen LogP contribution in [0.1, 0.15) is 26.5 Å². The molecule has 1 unspecified atom stereocenters. The standard InChI is InChI=1S/C19H23NO6/c1-10-7-12-15(23)14-13(22)5-6-24-17(14)18(16(12)26-10)25-9-11(21)8-20-19(2,3)4/h5-7,11,20-21,23H,8-9H2,1-4H3. The molecule has 0 fully saturated rings. The van der Waals surface area contributed by atoms with Crippen molar-refractivity contribution in [3.63, 3.8) is 0 Å². The first-order chi connectivity index (χ1) is 12.2. The Morgan fingerprint density at radius 1 is 1.31 bits per heavy atom. The van der Waals surface area contributed by atoms with Crippen LogP contribution in [0.4, 0.5) is 0 Å². The SMILES string of the molecule is Cc1cc2c(O)c3c(=O)ccoc3c(OCC(O)CNC(C)(C)C)c2o1. The molecule has 0 saturated heterocycles. The molecule has 2 aromatic heterocycles. The molecule has 7 heteroatoms. The van der Waals surface area contributed by atoms with Crippen LogP contribution in [0.5, 0.6) is 11.5 Å². The summed E-state index contributed by atoms with van der Waals surface area (Å²) in [6.45, 7) is 8.03. The number of hydrogen-bond acceptors (Lipinski definition) is 7. The number of ether oxygens (including phenoxy) is 1. The molecule has 2 heterocycles. The number of aliphatic hydroxyl groups is 1. The van der Waals surface area contributed by atoms with Gasteiger partial charge in [-0.15, -0.1) is 0 Å². The summed E-state index contributed by atoms with van der Waals surface area (Å²) in [4.78, 5) is 12.2. The molecular formula is C19H23NO6. The number of phenols is 1. The van der Waals surface area contributed by atoms with Gasteiger partial charge in [0.1, 0.15) is 29.6 Å². The number of phenolic OH excluding ortho intramolecular Hbond substituents is 1. The number of benzene rings is 1. The van der Waals surface area contributed by atoms with Crippen LogP contribution >= 0.6 is 0 Å². The van der Waals surface area contributed by atoms with E-state index >= 15 is 0 Å². The van der Waals surface area contributed by atoms with Gasteiger partial charge in [-0.05, 0) is 33.8 Å². The van der Waals surface area contributed by atoms with Crippen LogP contribution in [-0.2, 0) is 0 Å². The number of aliphatic hydroxyl groups excluding tert-OH is 1. The molecule has 0 aliphatic rings. The summed E-state index contributed by atoms with van der Waals surface area (Å²) < 4.78 is 16.8. The molecule has 26 heavy (non-hydrogen) atoms. The molecule has 3 N–H and O–H groups in total. The highest BCUT2D eigenvalue weighted by molar-refractivity contribution is 6.06. The van der Waals surface area contributed by atoms with Gasteiger partial charge in [-0.3, -0.25) is 4.79 Å². The number of furan rings is 1. The van der Waals surface area contributed by atoms with Crippen LogP contribution in [0.3, 0.4) is 0 Å². The fourth-order valence-electron chi connectivity index (χ4n) is 2.70. The Labute approximate surface area is 150 Å². The second-order valence-corrected chi connectivity index (χ2v) is 7.36. The maximum Gasteiger partial charge on any atom is 0.206 e. The van der Waals surface area contributed by atoms with E-state index in [-0.39, 0.29) is 45.6 Å². The highest BCUT2D eigenvalue weighted by atomic mass is 16.5. The Morgan fingerprint density at radius 2 is 2.04 bits per heavy atom. The molecule has 0 bridgehead atoms. The van der Waals surface area contributed by atoms with Crippen molar-refractivity contribution < 1.29 is 23.8 Å². The van der Waals surface area contributed by atoms with E-state index in [9.17, 15) is 15.0 Å². The largest absolute Gasteiger partial charge is 0.506 e. The van der Waals surface area contributed by atoms with Crippen LogP contribution in [0.2, 0.25) is 0 Å². The van der Waals surface area contributed by atoms with Crippen molar-refractivity contribution in [3.8, 4) is 11.5 Å². The van der Waals surface area contributed by atoms with Crippen LogP contribution in [0, 0.1) is 6.92 Å². The fourth-order valence-corrected chi connectivity index (χ4v) is 2.70. The van der Waals surface area contributed by atoms with Crippen molar-refractivity contribution in [3.05, 3.63) is 34.4 Å². The van der Waals surface area contributed by atoms with Crippen molar-refractivity contribution in [2.45, 2.75) is 39.3 Å². The first kappa shape index (κ1) is 18.3. The molecule has 0 spiro atoms. The summed E-state index contributed by atoms with van der Waals surface area (Å²) in [5.74, 6) is 0.537. The predicted molar refractivity (Wildman–Crippen MR) is 97.9 cm³/mol. The van der Waals surface area contributed by atoms with Crippen molar-refractivity contribution in [1.82, 2.24) is 5.32 Å². The predicted octanol–water partition coefficient (Wildman–Crippen LogP) is 2.68. The van der Waals surface area contributed by atoms with Crippen molar-refractivity contribution in [2.75, 3.05) is 13.2 Å². The molecule has 0 aliphatic carbocycles. The zero-order valence-electron chi connectivity index (χ0n) is 15.3. The second kappa shape index (κ2) is 6.66. The minimum absolute atomic E-state index is 0.0260. The van der Waals surface area contributed by atoms with Crippen LogP contribution in [0.15, 0.2) is 32.0 Å². The lowest BCUT2D eigenvalue weighted by Gasteiger charge is -2.23. The maximum absolute atomic E-state index is 12.2.